The predicted molar refractivity (Wildman–Crippen MR) is 40.8 cm³/mol. The molecule has 1 amide bonds. The van der Waals surface area contributed by atoms with Crippen LogP contribution in [-0.2, 0) is 0 Å². The van der Waals surface area contributed by atoms with Crippen molar-refractivity contribution in [2.75, 3.05) is 0 Å². The molecular weight excluding hydrogens is 160 g/mol. The van der Waals surface area contributed by atoms with E-state index in [2.05, 4.69) is 4.98 Å². The van der Waals surface area contributed by atoms with Crippen LogP contribution in [0, 0.1) is 6.92 Å². The lowest BCUT2D eigenvalue weighted by atomic mass is 10.2. The molecular formula is C7H8N2O3. The summed E-state index contributed by atoms with van der Waals surface area (Å²) >= 11 is 0. The van der Waals surface area contributed by atoms with Crippen LogP contribution in [0.3, 0.4) is 0 Å². The Balaban J connectivity index is 3.36. The molecule has 0 spiro atoms. The normalized spacial score (nSPS) is 9.75. The molecule has 0 atom stereocenters. The fourth-order valence-corrected chi connectivity index (χ4v) is 0.763. The number of nitrogens with zero attached hydrogens (tertiary/aromatic N) is 1. The smallest absolute Gasteiger partial charge is 0.271 e. The van der Waals surface area contributed by atoms with Crippen molar-refractivity contribution in [3.63, 3.8) is 0 Å². The van der Waals surface area contributed by atoms with Gasteiger partial charge in [0, 0.05) is 5.56 Å². The first-order chi connectivity index (χ1) is 5.54. The summed E-state index contributed by atoms with van der Waals surface area (Å²) in [5, 5.41) is 18.3. The third-order valence-electron chi connectivity index (χ3n) is 1.51. The van der Waals surface area contributed by atoms with Gasteiger partial charge < -0.3 is 15.9 Å². The summed E-state index contributed by atoms with van der Waals surface area (Å²) in [6, 6.07) is 0. The second kappa shape index (κ2) is 2.69. The van der Waals surface area contributed by atoms with Crippen molar-refractivity contribution in [3.8, 4) is 11.5 Å². The SMILES string of the molecule is Cc1c(O)cnc(C(N)=O)c1O. The zero-order valence-corrected chi connectivity index (χ0v) is 6.40. The summed E-state index contributed by atoms with van der Waals surface area (Å²) in [4.78, 5) is 14.1. The van der Waals surface area contributed by atoms with Gasteiger partial charge in [0.15, 0.2) is 11.4 Å². The van der Waals surface area contributed by atoms with Crippen LogP contribution in [0.1, 0.15) is 16.1 Å². The molecule has 1 rings (SSSR count). The van der Waals surface area contributed by atoms with Gasteiger partial charge >= 0.3 is 0 Å². The van der Waals surface area contributed by atoms with Crippen LogP contribution in [0.15, 0.2) is 6.20 Å². The highest BCUT2D eigenvalue weighted by Gasteiger charge is 2.13. The van der Waals surface area contributed by atoms with E-state index in [1.807, 2.05) is 0 Å². The van der Waals surface area contributed by atoms with Crippen LogP contribution < -0.4 is 5.73 Å². The summed E-state index contributed by atoms with van der Waals surface area (Å²) in [5.41, 5.74) is 4.85. The van der Waals surface area contributed by atoms with E-state index in [9.17, 15) is 9.90 Å². The van der Waals surface area contributed by atoms with Gasteiger partial charge in [-0.1, -0.05) is 0 Å². The average molecular weight is 168 g/mol. The molecule has 5 nitrogen and oxygen atoms in total. The molecule has 0 bridgehead atoms. The van der Waals surface area contributed by atoms with Crippen molar-refractivity contribution >= 4 is 5.91 Å². The maximum absolute atomic E-state index is 10.6. The highest BCUT2D eigenvalue weighted by atomic mass is 16.3. The standard InChI is InChI=1S/C7H8N2O3/c1-3-4(10)2-9-5(6(3)11)7(8)12/h2,10-11H,1H3,(H2,8,12). The number of carbonyl (C=O) groups excluding carboxylic acids is 1. The monoisotopic (exact) mass is 168 g/mol. The highest BCUT2D eigenvalue weighted by molar-refractivity contribution is 5.94. The van der Waals surface area contributed by atoms with Crippen molar-refractivity contribution < 1.29 is 15.0 Å². The van der Waals surface area contributed by atoms with E-state index in [0.717, 1.165) is 6.20 Å². The average Bonchev–Trinajstić information content (AvgIpc) is 2.00. The number of amides is 1. The Morgan fingerprint density at radius 2 is 2.17 bits per heavy atom. The Kier molecular flexibility index (Phi) is 1.86. The lowest BCUT2D eigenvalue weighted by Crippen LogP contribution is -2.13. The number of rotatable bonds is 1. The second-order valence-electron chi connectivity index (χ2n) is 2.33. The lowest BCUT2D eigenvalue weighted by molar-refractivity contribution is 0.0992. The number of hydrogen-bond donors (Lipinski definition) is 3. The zero-order chi connectivity index (χ0) is 9.30. The van der Waals surface area contributed by atoms with Crippen molar-refractivity contribution in [2.24, 2.45) is 5.73 Å². The Morgan fingerprint density at radius 3 is 2.67 bits per heavy atom. The molecule has 0 aromatic carbocycles. The molecule has 1 aromatic heterocycles. The number of aromatic hydroxyl groups is 2. The first kappa shape index (κ1) is 8.32. The molecule has 0 unspecified atom stereocenters. The van der Waals surface area contributed by atoms with Crippen LogP contribution >= 0.6 is 0 Å². The van der Waals surface area contributed by atoms with Gasteiger partial charge in [0.05, 0.1) is 6.20 Å². The summed E-state index contributed by atoms with van der Waals surface area (Å²) in [6.45, 7) is 1.46. The Bertz CT molecular complexity index is 336. The van der Waals surface area contributed by atoms with E-state index in [1.54, 1.807) is 0 Å². The van der Waals surface area contributed by atoms with E-state index >= 15 is 0 Å². The highest BCUT2D eigenvalue weighted by Crippen LogP contribution is 2.26. The number of carbonyl (C=O) groups is 1. The molecule has 5 heteroatoms. The summed E-state index contributed by atoms with van der Waals surface area (Å²) in [5.74, 6) is -1.37. The molecule has 0 saturated heterocycles. The predicted octanol–water partition coefficient (Wildman–Crippen LogP) is -0.0999. The first-order valence-corrected chi connectivity index (χ1v) is 3.21. The maximum Gasteiger partial charge on any atom is 0.271 e. The fourth-order valence-electron chi connectivity index (χ4n) is 0.763. The minimum absolute atomic E-state index is 0.169. The quantitative estimate of drug-likeness (QED) is 0.545. The van der Waals surface area contributed by atoms with Crippen LogP contribution in [0.2, 0.25) is 0 Å². The van der Waals surface area contributed by atoms with Gasteiger partial charge in [-0.2, -0.15) is 0 Å². The molecule has 0 aliphatic rings. The van der Waals surface area contributed by atoms with Gasteiger partial charge in [-0.3, -0.25) is 4.79 Å². The van der Waals surface area contributed by atoms with Gasteiger partial charge in [0.1, 0.15) is 5.75 Å². The molecule has 0 aliphatic carbocycles. The summed E-state index contributed by atoms with van der Waals surface area (Å²) in [6.07, 6.45) is 1.06. The summed E-state index contributed by atoms with van der Waals surface area (Å²) in [7, 11) is 0. The Hall–Kier alpha value is -1.78. The minimum Gasteiger partial charge on any atom is -0.506 e. The molecule has 0 fully saturated rings. The minimum atomic E-state index is -0.824. The van der Waals surface area contributed by atoms with Gasteiger partial charge in [-0.05, 0) is 6.92 Å². The third kappa shape index (κ3) is 1.16. The van der Waals surface area contributed by atoms with Crippen LogP contribution in [-0.4, -0.2) is 21.1 Å². The van der Waals surface area contributed by atoms with Crippen LogP contribution in [0.25, 0.3) is 0 Å². The lowest BCUT2D eigenvalue weighted by Gasteiger charge is -2.03. The van der Waals surface area contributed by atoms with Crippen molar-refractivity contribution in [1.29, 1.82) is 0 Å². The van der Waals surface area contributed by atoms with Crippen LogP contribution in [0.5, 0.6) is 11.5 Å². The molecule has 0 aliphatic heterocycles. The van der Waals surface area contributed by atoms with Gasteiger partial charge in [0.25, 0.3) is 5.91 Å². The Morgan fingerprint density at radius 1 is 1.58 bits per heavy atom. The fraction of sp³-hybridized carbons (Fsp3) is 0.143. The molecule has 1 heterocycles. The molecule has 12 heavy (non-hydrogen) atoms. The molecule has 64 valence electrons. The van der Waals surface area contributed by atoms with Gasteiger partial charge in [0.2, 0.25) is 0 Å². The van der Waals surface area contributed by atoms with E-state index in [0.29, 0.717) is 0 Å². The molecule has 0 saturated carbocycles. The van der Waals surface area contributed by atoms with Crippen LogP contribution in [0.4, 0.5) is 0 Å². The second-order valence-corrected chi connectivity index (χ2v) is 2.33. The van der Waals surface area contributed by atoms with Gasteiger partial charge in [-0.15, -0.1) is 0 Å². The number of nitrogens with two attached hydrogens (primary N) is 1. The number of hydrogen-bond acceptors (Lipinski definition) is 4. The van der Waals surface area contributed by atoms with E-state index in [-0.39, 0.29) is 22.8 Å². The van der Waals surface area contributed by atoms with E-state index in [1.165, 1.54) is 6.92 Å². The number of primary amides is 1. The van der Waals surface area contributed by atoms with Crippen molar-refractivity contribution in [1.82, 2.24) is 4.98 Å². The molecule has 4 N–H and O–H groups in total. The van der Waals surface area contributed by atoms with E-state index in [4.69, 9.17) is 10.8 Å². The first-order valence-electron chi connectivity index (χ1n) is 3.21. The largest absolute Gasteiger partial charge is 0.506 e. The van der Waals surface area contributed by atoms with E-state index < -0.39 is 5.91 Å². The summed E-state index contributed by atoms with van der Waals surface area (Å²) < 4.78 is 0. The Labute approximate surface area is 68.5 Å². The molecule has 0 radical (unpaired) electrons. The molecule has 1 aromatic rings. The zero-order valence-electron chi connectivity index (χ0n) is 6.40. The number of aromatic nitrogens is 1. The third-order valence-corrected chi connectivity index (χ3v) is 1.51. The van der Waals surface area contributed by atoms with Crippen molar-refractivity contribution in [3.05, 3.63) is 17.5 Å². The van der Waals surface area contributed by atoms with Crippen molar-refractivity contribution in [2.45, 2.75) is 6.92 Å². The van der Waals surface area contributed by atoms with Gasteiger partial charge in [-0.25, -0.2) is 4.98 Å². The topological polar surface area (TPSA) is 96.4 Å². The number of pyridine rings is 1. The maximum atomic E-state index is 10.6.